The Hall–Kier alpha value is -0.870. The zero-order valence-corrected chi connectivity index (χ0v) is 9.42. The Balaban J connectivity index is 1.75. The van der Waals surface area contributed by atoms with Crippen molar-refractivity contribution in [1.82, 2.24) is 15.3 Å². The number of rotatable bonds is 6. The fourth-order valence-electron chi connectivity index (χ4n) is 1.76. The van der Waals surface area contributed by atoms with Crippen LogP contribution in [0.1, 0.15) is 30.8 Å². The van der Waals surface area contributed by atoms with Crippen LogP contribution in [0, 0.1) is 5.92 Å². The van der Waals surface area contributed by atoms with Crippen LogP contribution < -0.4 is 5.32 Å². The van der Waals surface area contributed by atoms with E-state index in [-0.39, 0.29) is 0 Å². The third kappa shape index (κ3) is 2.79. The van der Waals surface area contributed by atoms with Crippen molar-refractivity contribution in [1.29, 1.82) is 0 Å². The van der Waals surface area contributed by atoms with Gasteiger partial charge < -0.3 is 15.0 Å². The lowest BCUT2D eigenvalue weighted by atomic mass is 10.3. The molecule has 84 valence electrons. The van der Waals surface area contributed by atoms with Crippen molar-refractivity contribution in [2.75, 3.05) is 20.3 Å². The molecule has 0 saturated heterocycles. The molecule has 1 aliphatic carbocycles. The first-order valence-electron chi connectivity index (χ1n) is 5.54. The summed E-state index contributed by atoms with van der Waals surface area (Å²) in [6, 6.07) is 0. The first-order valence-corrected chi connectivity index (χ1v) is 5.54. The van der Waals surface area contributed by atoms with Gasteiger partial charge >= 0.3 is 0 Å². The summed E-state index contributed by atoms with van der Waals surface area (Å²) in [6.45, 7) is 4.74. The number of hydrogen-bond donors (Lipinski definition) is 2. The van der Waals surface area contributed by atoms with Gasteiger partial charge in [0.25, 0.3) is 0 Å². The van der Waals surface area contributed by atoms with E-state index in [1.165, 1.54) is 12.1 Å². The van der Waals surface area contributed by atoms with Crippen molar-refractivity contribution in [2.24, 2.45) is 5.92 Å². The minimum Gasteiger partial charge on any atom is -0.383 e. The number of imidazole rings is 1. The third-order valence-corrected chi connectivity index (χ3v) is 2.91. The van der Waals surface area contributed by atoms with E-state index in [0.717, 1.165) is 31.4 Å². The molecule has 4 heteroatoms. The second-order valence-electron chi connectivity index (χ2n) is 4.28. The SMILES string of the molecule is COCCNCc1cnc(C2CC2C)[nH]1. The molecule has 1 aliphatic rings. The lowest BCUT2D eigenvalue weighted by Gasteiger charge is -2.01. The number of nitrogens with one attached hydrogen (secondary N) is 2. The zero-order valence-electron chi connectivity index (χ0n) is 9.42. The molecule has 4 nitrogen and oxygen atoms in total. The predicted molar refractivity (Wildman–Crippen MR) is 58.7 cm³/mol. The van der Waals surface area contributed by atoms with Gasteiger partial charge in [-0.05, 0) is 12.3 Å². The van der Waals surface area contributed by atoms with Crippen LogP contribution >= 0.6 is 0 Å². The van der Waals surface area contributed by atoms with Crippen LogP contribution in [0.4, 0.5) is 0 Å². The van der Waals surface area contributed by atoms with E-state index < -0.39 is 0 Å². The van der Waals surface area contributed by atoms with Crippen LogP contribution in [0.3, 0.4) is 0 Å². The van der Waals surface area contributed by atoms with Crippen molar-refractivity contribution in [3.8, 4) is 0 Å². The molecule has 1 fully saturated rings. The van der Waals surface area contributed by atoms with Gasteiger partial charge in [0.2, 0.25) is 0 Å². The summed E-state index contributed by atoms with van der Waals surface area (Å²) in [5.41, 5.74) is 1.17. The molecule has 0 aliphatic heterocycles. The van der Waals surface area contributed by atoms with Crippen LogP contribution in [0.25, 0.3) is 0 Å². The average molecular weight is 209 g/mol. The number of hydrogen-bond acceptors (Lipinski definition) is 3. The smallest absolute Gasteiger partial charge is 0.109 e. The second-order valence-corrected chi connectivity index (χ2v) is 4.28. The van der Waals surface area contributed by atoms with Crippen molar-refractivity contribution >= 4 is 0 Å². The number of aromatic amines is 1. The number of aromatic nitrogens is 2. The van der Waals surface area contributed by atoms with Gasteiger partial charge in [-0.2, -0.15) is 0 Å². The second kappa shape index (κ2) is 4.77. The summed E-state index contributed by atoms with van der Waals surface area (Å²) in [5, 5.41) is 3.29. The highest BCUT2D eigenvalue weighted by Crippen LogP contribution is 2.45. The highest BCUT2D eigenvalue weighted by molar-refractivity contribution is 5.12. The predicted octanol–water partition coefficient (Wildman–Crippen LogP) is 1.27. The largest absolute Gasteiger partial charge is 0.383 e. The molecule has 0 bridgehead atoms. The van der Waals surface area contributed by atoms with Crippen molar-refractivity contribution in [3.63, 3.8) is 0 Å². The molecule has 0 amide bonds. The topological polar surface area (TPSA) is 49.9 Å². The molecular weight excluding hydrogens is 190 g/mol. The van der Waals surface area contributed by atoms with Gasteiger partial charge in [0.15, 0.2) is 0 Å². The van der Waals surface area contributed by atoms with Gasteiger partial charge in [-0.15, -0.1) is 0 Å². The van der Waals surface area contributed by atoms with Gasteiger partial charge in [-0.3, -0.25) is 0 Å². The van der Waals surface area contributed by atoms with E-state index in [1.54, 1.807) is 7.11 Å². The highest BCUT2D eigenvalue weighted by atomic mass is 16.5. The number of methoxy groups -OCH3 is 1. The highest BCUT2D eigenvalue weighted by Gasteiger charge is 2.36. The Bertz CT molecular complexity index is 311. The molecule has 0 radical (unpaired) electrons. The minimum atomic E-state index is 0.678. The fourth-order valence-corrected chi connectivity index (χ4v) is 1.76. The van der Waals surface area contributed by atoms with Gasteiger partial charge in [0.05, 0.1) is 6.61 Å². The van der Waals surface area contributed by atoms with Crippen molar-refractivity contribution < 1.29 is 4.74 Å². The van der Waals surface area contributed by atoms with E-state index >= 15 is 0 Å². The van der Waals surface area contributed by atoms with Gasteiger partial charge in [0, 0.05) is 38.0 Å². The van der Waals surface area contributed by atoms with Gasteiger partial charge in [0.1, 0.15) is 5.82 Å². The zero-order chi connectivity index (χ0) is 10.7. The minimum absolute atomic E-state index is 0.678. The van der Waals surface area contributed by atoms with E-state index in [4.69, 9.17) is 4.74 Å². The third-order valence-electron chi connectivity index (χ3n) is 2.91. The number of ether oxygens (including phenoxy) is 1. The van der Waals surface area contributed by atoms with E-state index in [1.807, 2.05) is 6.20 Å². The molecular formula is C11H19N3O. The first-order chi connectivity index (χ1) is 7.31. The summed E-state index contributed by atoms with van der Waals surface area (Å²) in [5.74, 6) is 2.65. The first kappa shape index (κ1) is 10.6. The molecule has 0 spiro atoms. The maximum absolute atomic E-state index is 4.96. The monoisotopic (exact) mass is 209 g/mol. The average Bonchev–Trinajstić information content (AvgIpc) is 2.80. The van der Waals surface area contributed by atoms with E-state index in [0.29, 0.717) is 5.92 Å². The summed E-state index contributed by atoms with van der Waals surface area (Å²) < 4.78 is 4.96. The molecule has 2 unspecified atom stereocenters. The van der Waals surface area contributed by atoms with Crippen LogP contribution in [-0.2, 0) is 11.3 Å². The lowest BCUT2D eigenvalue weighted by molar-refractivity contribution is 0.199. The molecule has 2 N–H and O–H groups in total. The molecule has 15 heavy (non-hydrogen) atoms. The van der Waals surface area contributed by atoms with Crippen LogP contribution in [-0.4, -0.2) is 30.2 Å². The van der Waals surface area contributed by atoms with Crippen LogP contribution in [0.5, 0.6) is 0 Å². The molecule has 1 saturated carbocycles. The van der Waals surface area contributed by atoms with Crippen molar-refractivity contribution in [2.45, 2.75) is 25.8 Å². The Morgan fingerprint density at radius 2 is 2.47 bits per heavy atom. The van der Waals surface area contributed by atoms with E-state index in [9.17, 15) is 0 Å². The number of H-pyrrole nitrogens is 1. The maximum atomic E-state index is 4.96. The normalized spacial score (nSPS) is 24.4. The molecule has 1 aromatic rings. The Morgan fingerprint density at radius 3 is 3.13 bits per heavy atom. The maximum Gasteiger partial charge on any atom is 0.109 e. The van der Waals surface area contributed by atoms with Crippen LogP contribution in [0.2, 0.25) is 0 Å². The van der Waals surface area contributed by atoms with Crippen molar-refractivity contribution in [3.05, 3.63) is 17.7 Å². The Morgan fingerprint density at radius 1 is 1.67 bits per heavy atom. The van der Waals surface area contributed by atoms with E-state index in [2.05, 4.69) is 22.2 Å². The summed E-state index contributed by atoms with van der Waals surface area (Å²) in [6.07, 6.45) is 3.21. The molecule has 2 rings (SSSR count). The Labute approximate surface area is 90.4 Å². The summed E-state index contributed by atoms with van der Waals surface area (Å²) in [7, 11) is 1.71. The summed E-state index contributed by atoms with van der Waals surface area (Å²) in [4.78, 5) is 7.77. The summed E-state index contributed by atoms with van der Waals surface area (Å²) >= 11 is 0. The molecule has 0 aromatic carbocycles. The number of nitrogens with zero attached hydrogens (tertiary/aromatic N) is 1. The molecule has 1 heterocycles. The van der Waals surface area contributed by atoms with Crippen LogP contribution in [0.15, 0.2) is 6.20 Å². The van der Waals surface area contributed by atoms with Gasteiger partial charge in [-0.1, -0.05) is 6.92 Å². The van der Waals surface area contributed by atoms with Gasteiger partial charge in [-0.25, -0.2) is 4.98 Å². The quantitative estimate of drug-likeness (QED) is 0.694. The molecule has 2 atom stereocenters. The fraction of sp³-hybridized carbons (Fsp3) is 0.727. The molecule has 1 aromatic heterocycles. The Kier molecular flexibility index (Phi) is 3.38. The lowest BCUT2D eigenvalue weighted by Crippen LogP contribution is -2.18. The standard InChI is InChI=1S/C11H19N3O/c1-8-5-10(8)11-13-7-9(14-11)6-12-3-4-15-2/h7-8,10,12H,3-6H2,1-2H3,(H,13,14).